The molecule has 3 aliphatic carbocycles. The van der Waals surface area contributed by atoms with Crippen molar-refractivity contribution >= 4 is 17.8 Å². The summed E-state index contributed by atoms with van der Waals surface area (Å²) in [4.78, 5) is 43.9. The number of rotatable bonds is 4. The topological polar surface area (TPSA) is 66.9 Å². The number of carbonyl (C=O) groups is 3. The van der Waals surface area contributed by atoms with Gasteiger partial charge in [0, 0.05) is 48.7 Å². The lowest BCUT2D eigenvalue weighted by Crippen LogP contribution is -2.60. The Bertz CT molecular complexity index is 974. The first-order valence-corrected chi connectivity index (χ1v) is 14.0. The zero-order chi connectivity index (χ0) is 26.6. The molecule has 1 aliphatic heterocycles. The number of amides is 2. The molecule has 2 saturated carbocycles. The van der Waals surface area contributed by atoms with Gasteiger partial charge in [0.2, 0.25) is 5.91 Å². The summed E-state index contributed by atoms with van der Waals surface area (Å²) >= 11 is 0. The Morgan fingerprint density at radius 1 is 1.11 bits per heavy atom. The highest BCUT2D eigenvalue weighted by Crippen LogP contribution is 2.66. The van der Waals surface area contributed by atoms with Gasteiger partial charge in [0.25, 0.3) is 0 Å². The molecule has 0 spiro atoms. The van der Waals surface area contributed by atoms with Crippen molar-refractivity contribution in [3.05, 3.63) is 23.9 Å². The van der Waals surface area contributed by atoms with Gasteiger partial charge in [-0.1, -0.05) is 26.5 Å². The first kappa shape index (κ1) is 26.9. The summed E-state index contributed by atoms with van der Waals surface area (Å²) in [5.41, 5.74) is 0.417. The SMILES string of the molecule is C=CC1=C2N(C(=O)OC(C)(C)C)C[C@H]3[C@@H]4CC[C@H](C(=O)N(CC)CC)[C@@]4(C)CC[C@@H]3[C@@]2(C)CCC1=O. The van der Waals surface area contributed by atoms with E-state index in [1.165, 1.54) is 0 Å². The average molecular weight is 499 g/mol. The predicted molar refractivity (Wildman–Crippen MR) is 141 cm³/mol. The molecule has 6 nitrogen and oxygen atoms in total. The number of ether oxygens (including phenoxy) is 1. The third kappa shape index (κ3) is 4.12. The fraction of sp³-hybridized carbons (Fsp3) is 0.767. The van der Waals surface area contributed by atoms with Gasteiger partial charge in [0.05, 0.1) is 0 Å². The molecule has 0 aromatic heterocycles. The van der Waals surface area contributed by atoms with Gasteiger partial charge in [-0.3, -0.25) is 14.5 Å². The number of hydrogen-bond acceptors (Lipinski definition) is 4. The number of piperidine rings is 1. The number of Topliss-reactive ketones (excluding diaryl/α,β-unsaturated/α-hetero) is 1. The van der Waals surface area contributed by atoms with E-state index in [1.807, 2.05) is 25.7 Å². The van der Waals surface area contributed by atoms with Crippen LogP contribution < -0.4 is 0 Å². The lowest BCUT2D eigenvalue weighted by Gasteiger charge is -2.60. The molecular weight excluding hydrogens is 452 g/mol. The maximum atomic E-state index is 13.6. The van der Waals surface area contributed by atoms with Gasteiger partial charge >= 0.3 is 6.09 Å². The van der Waals surface area contributed by atoms with E-state index in [2.05, 4.69) is 34.3 Å². The summed E-state index contributed by atoms with van der Waals surface area (Å²) in [7, 11) is 0. The molecule has 0 aromatic rings. The maximum absolute atomic E-state index is 13.6. The number of fused-ring (bicyclic) bond motifs is 5. The van der Waals surface area contributed by atoms with Crippen LogP contribution in [-0.2, 0) is 14.3 Å². The number of ketones is 1. The normalized spacial score (nSPS) is 36.1. The molecule has 0 radical (unpaired) electrons. The van der Waals surface area contributed by atoms with Gasteiger partial charge in [0.15, 0.2) is 5.78 Å². The molecule has 0 aromatic carbocycles. The van der Waals surface area contributed by atoms with Crippen LogP contribution in [0.5, 0.6) is 0 Å². The standard InChI is InChI=1S/C30H46N2O4/c1-9-19-24(33)15-17-30(8)22-14-16-29(7)21(12-13-23(29)26(34)31(10-2)11-3)20(22)18-32(25(19)30)27(35)36-28(4,5)6/h9,20-23H,1,10-18H2,2-8H3/t20-,21-,22-,23+,29-,30+/m0/s1. The molecule has 36 heavy (non-hydrogen) atoms. The minimum absolute atomic E-state index is 0.0414. The number of likely N-dealkylation sites (tertiary alicyclic amines) is 1. The predicted octanol–water partition coefficient (Wildman–Crippen LogP) is 5.97. The minimum Gasteiger partial charge on any atom is -0.443 e. The Labute approximate surface area is 217 Å². The van der Waals surface area contributed by atoms with E-state index in [1.54, 1.807) is 11.0 Å². The smallest absolute Gasteiger partial charge is 0.414 e. The lowest BCUT2D eigenvalue weighted by molar-refractivity contribution is -0.143. The Morgan fingerprint density at radius 3 is 2.36 bits per heavy atom. The van der Waals surface area contributed by atoms with Crippen LogP contribution >= 0.6 is 0 Å². The number of allylic oxidation sites excluding steroid dienone is 3. The van der Waals surface area contributed by atoms with E-state index in [9.17, 15) is 14.4 Å². The van der Waals surface area contributed by atoms with Gasteiger partial charge in [-0.2, -0.15) is 0 Å². The molecule has 0 bridgehead atoms. The largest absolute Gasteiger partial charge is 0.443 e. The van der Waals surface area contributed by atoms with E-state index >= 15 is 0 Å². The van der Waals surface area contributed by atoms with Crippen molar-refractivity contribution in [1.82, 2.24) is 9.80 Å². The quantitative estimate of drug-likeness (QED) is 0.479. The van der Waals surface area contributed by atoms with E-state index in [0.717, 1.165) is 50.9 Å². The van der Waals surface area contributed by atoms with E-state index < -0.39 is 5.60 Å². The van der Waals surface area contributed by atoms with Crippen molar-refractivity contribution < 1.29 is 19.1 Å². The highest BCUT2D eigenvalue weighted by Gasteiger charge is 2.63. The van der Waals surface area contributed by atoms with Crippen LogP contribution in [-0.4, -0.2) is 52.8 Å². The van der Waals surface area contributed by atoms with Crippen molar-refractivity contribution in [2.45, 2.75) is 92.6 Å². The Morgan fingerprint density at radius 2 is 1.78 bits per heavy atom. The summed E-state index contributed by atoms with van der Waals surface area (Å²) < 4.78 is 5.88. The lowest BCUT2D eigenvalue weighted by atomic mass is 9.49. The van der Waals surface area contributed by atoms with Crippen LogP contribution in [0.3, 0.4) is 0 Å². The van der Waals surface area contributed by atoms with Crippen LogP contribution in [0.15, 0.2) is 23.9 Å². The molecule has 200 valence electrons. The summed E-state index contributed by atoms with van der Waals surface area (Å²) in [6, 6.07) is 0. The highest BCUT2D eigenvalue weighted by atomic mass is 16.6. The van der Waals surface area contributed by atoms with Crippen molar-refractivity contribution in [3.8, 4) is 0 Å². The van der Waals surface area contributed by atoms with Crippen LogP contribution in [0.25, 0.3) is 0 Å². The van der Waals surface area contributed by atoms with Crippen LogP contribution in [0.1, 0.15) is 87.0 Å². The molecule has 6 atom stereocenters. The molecule has 4 rings (SSSR count). The first-order valence-electron chi connectivity index (χ1n) is 14.0. The average Bonchev–Trinajstić information content (AvgIpc) is 3.16. The fourth-order valence-electron chi connectivity index (χ4n) is 8.37. The van der Waals surface area contributed by atoms with Gasteiger partial charge in [-0.05, 0) is 89.9 Å². The monoisotopic (exact) mass is 498 g/mol. The number of nitrogens with zero attached hydrogens (tertiary/aromatic N) is 2. The molecule has 2 amide bonds. The second-order valence-electron chi connectivity index (χ2n) is 13.0. The zero-order valence-corrected chi connectivity index (χ0v) is 23.5. The van der Waals surface area contributed by atoms with Crippen LogP contribution in [0.4, 0.5) is 4.79 Å². The first-order chi connectivity index (χ1) is 16.8. The molecule has 0 unspecified atom stereocenters. The zero-order valence-electron chi connectivity index (χ0n) is 23.5. The molecule has 4 aliphatic rings. The second-order valence-corrected chi connectivity index (χ2v) is 13.0. The minimum atomic E-state index is -0.631. The Kier molecular flexibility index (Phi) is 6.98. The molecule has 6 heteroatoms. The summed E-state index contributed by atoms with van der Waals surface area (Å²) in [5.74, 6) is 1.42. The van der Waals surface area contributed by atoms with E-state index in [4.69, 9.17) is 4.74 Å². The van der Waals surface area contributed by atoms with E-state index in [-0.39, 0.29) is 34.5 Å². The summed E-state index contributed by atoms with van der Waals surface area (Å²) in [6.45, 7) is 20.3. The summed E-state index contributed by atoms with van der Waals surface area (Å²) in [6.07, 6.45) is 6.46. The second kappa shape index (κ2) is 9.33. The maximum Gasteiger partial charge on any atom is 0.414 e. The molecule has 0 N–H and O–H groups in total. The van der Waals surface area contributed by atoms with Gasteiger partial charge in [-0.25, -0.2) is 4.79 Å². The van der Waals surface area contributed by atoms with Gasteiger partial charge in [0.1, 0.15) is 5.60 Å². The fourth-order valence-corrected chi connectivity index (χ4v) is 8.37. The van der Waals surface area contributed by atoms with Crippen LogP contribution in [0.2, 0.25) is 0 Å². The molecule has 3 fully saturated rings. The molecular formula is C30H46N2O4. The third-order valence-corrected chi connectivity index (χ3v) is 10.1. The number of carbonyl (C=O) groups excluding carboxylic acids is 3. The molecule has 1 saturated heterocycles. The van der Waals surface area contributed by atoms with E-state index in [0.29, 0.717) is 36.3 Å². The number of hydrogen-bond donors (Lipinski definition) is 0. The highest BCUT2D eigenvalue weighted by molar-refractivity contribution is 6.00. The van der Waals surface area contributed by atoms with Crippen molar-refractivity contribution in [2.75, 3.05) is 19.6 Å². The molecule has 1 heterocycles. The van der Waals surface area contributed by atoms with Crippen molar-refractivity contribution in [2.24, 2.45) is 34.5 Å². The van der Waals surface area contributed by atoms with Gasteiger partial charge < -0.3 is 9.64 Å². The third-order valence-electron chi connectivity index (χ3n) is 10.1. The van der Waals surface area contributed by atoms with Gasteiger partial charge in [-0.15, -0.1) is 0 Å². The Hall–Kier alpha value is -2.11. The van der Waals surface area contributed by atoms with Crippen molar-refractivity contribution in [1.29, 1.82) is 0 Å². The van der Waals surface area contributed by atoms with Crippen molar-refractivity contribution in [3.63, 3.8) is 0 Å². The summed E-state index contributed by atoms with van der Waals surface area (Å²) in [5, 5.41) is 0. The van der Waals surface area contributed by atoms with Crippen LogP contribution in [0, 0.1) is 34.5 Å². The Balaban J connectivity index is 1.76.